The van der Waals surface area contributed by atoms with E-state index in [0.717, 1.165) is 5.56 Å². The topological polar surface area (TPSA) is 119 Å². The van der Waals surface area contributed by atoms with Crippen LogP contribution in [0.4, 0.5) is 29.6 Å². The van der Waals surface area contributed by atoms with Gasteiger partial charge in [0.25, 0.3) is 5.56 Å². The number of aromatic amines is 1. The van der Waals surface area contributed by atoms with Crippen LogP contribution in [-0.4, -0.2) is 34.3 Å². The normalized spacial score (nSPS) is 10.8. The van der Waals surface area contributed by atoms with Crippen LogP contribution in [0.3, 0.4) is 0 Å². The second kappa shape index (κ2) is 10.6. The summed E-state index contributed by atoms with van der Waals surface area (Å²) >= 11 is 0. The van der Waals surface area contributed by atoms with E-state index in [2.05, 4.69) is 20.6 Å². The maximum Gasteiger partial charge on any atom is 0.326 e. The lowest BCUT2D eigenvalue weighted by Crippen LogP contribution is -2.24. The lowest BCUT2D eigenvalue weighted by molar-refractivity contribution is 0.262. The second-order valence-electron chi connectivity index (χ2n) is 6.75. The van der Waals surface area contributed by atoms with E-state index in [1.54, 1.807) is 12.1 Å². The van der Waals surface area contributed by atoms with Gasteiger partial charge in [0, 0.05) is 31.5 Å². The number of aliphatic hydroxyl groups is 1. The van der Waals surface area contributed by atoms with Crippen molar-refractivity contribution in [3.63, 3.8) is 0 Å². The molecule has 3 aromatic rings. The number of aliphatic hydroxyl groups excluding tert-OH is 1. The van der Waals surface area contributed by atoms with Gasteiger partial charge in [-0.2, -0.15) is 0 Å². The number of halogens is 3. The Kier molecular flexibility index (Phi) is 7.58. The minimum absolute atomic E-state index is 0.121. The molecule has 0 aliphatic heterocycles. The highest BCUT2D eigenvalue weighted by molar-refractivity contribution is 5.98. The molecule has 0 radical (unpaired) electrons. The van der Waals surface area contributed by atoms with Crippen molar-refractivity contribution in [2.24, 2.45) is 0 Å². The molecule has 0 spiro atoms. The zero-order chi connectivity index (χ0) is 23.1. The molecule has 2 amide bonds. The highest BCUT2D eigenvalue weighted by Gasteiger charge is 2.13. The van der Waals surface area contributed by atoms with Gasteiger partial charge in [-0.05, 0) is 24.1 Å². The fourth-order valence-electron chi connectivity index (χ4n) is 2.78. The molecular formula is C21H20F3N5O3. The first kappa shape index (κ1) is 23.0. The molecule has 2 aromatic carbocycles. The molecule has 11 heteroatoms. The molecule has 1 heterocycles. The fraction of sp³-hybridized carbons (Fsp3) is 0.190. The summed E-state index contributed by atoms with van der Waals surface area (Å²) in [5.74, 6) is -4.10. The summed E-state index contributed by atoms with van der Waals surface area (Å²) in [5.41, 5.74) is 0.769. The lowest BCUT2D eigenvalue weighted by atomic mass is 10.1. The maximum atomic E-state index is 13.6. The number of H-pyrrole nitrogens is 1. The van der Waals surface area contributed by atoms with Crippen molar-refractivity contribution >= 4 is 17.7 Å². The number of hydrogen-bond donors (Lipinski definition) is 5. The summed E-state index contributed by atoms with van der Waals surface area (Å²) in [5, 5.41) is 16.1. The summed E-state index contributed by atoms with van der Waals surface area (Å²) < 4.78 is 39.8. The second-order valence-corrected chi connectivity index (χ2v) is 6.75. The molecule has 5 N–H and O–H groups in total. The summed E-state index contributed by atoms with van der Waals surface area (Å²) in [4.78, 5) is 30.7. The van der Waals surface area contributed by atoms with E-state index >= 15 is 0 Å². The summed E-state index contributed by atoms with van der Waals surface area (Å²) in [6.45, 7) is 1.42. The zero-order valence-corrected chi connectivity index (χ0v) is 16.7. The Morgan fingerprint density at radius 3 is 2.44 bits per heavy atom. The Hall–Kier alpha value is -3.70. The van der Waals surface area contributed by atoms with Crippen LogP contribution in [-0.2, 0) is 6.54 Å². The standard InChI is InChI=1S/C21H20F3N5O3/c22-15-8-17(24)18(9-16(15)23)27-21(32)29-20-26-11-14(19(31)28-20)13-4-2-12(3-5-13)10-25-6-1-7-30/h2-5,8-9,11,25,30H,1,6-7,10H2,(H3,26,27,28,29,31,32). The molecule has 0 aliphatic carbocycles. The zero-order valence-electron chi connectivity index (χ0n) is 16.7. The van der Waals surface area contributed by atoms with Gasteiger partial charge in [-0.3, -0.25) is 15.1 Å². The van der Waals surface area contributed by atoms with Crippen molar-refractivity contribution in [2.75, 3.05) is 23.8 Å². The van der Waals surface area contributed by atoms with E-state index in [4.69, 9.17) is 5.11 Å². The van der Waals surface area contributed by atoms with Crippen molar-refractivity contribution in [3.05, 3.63) is 76.0 Å². The molecule has 0 fully saturated rings. The smallest absolute Gasteiger partial charge is 0.326 e. The average molecular weight is 447 g/mol. The molecule has 168 valence electrons. The molecule has 0 aliphatic rings. The van der Waals surface area contributed by atoms with E-state index in [9.17, 15) is 22.8 Å². The number of hydrogen-bond acceptors (Lipinski definition) is 5. The fourth-order valence-corrected chi connectivity index (χ4v) is 2.78. The average Bonchev–Trinajstić information content (AvgIpc) is 2.76. The molecule has 0 atom stereocenters. The number of aromatic nitrogens is 2. The van der Waals surface area contributed by atoms with Crippen molar-refractivity contribution in [1.82, 2.24) is 15.3 Å². The predicted molar refractivity (Wildman–Crippen MR) is 113 cm³/mol. The number of carbonyl (C=O) groups excluding carboxylic acids is 1. The third-order valence-electron chi connectivity index (χ3n) is 4.40. The van der Waals surface area contributed by atoms with Crippen molar-refractivity contribution in [3.8, 4) is 11.1 Å². The number of nitrogens with zero attached hydrogens (tertiary/aromatic N) is 1. The highest BCUT2D eigenvalue weighted by Crippen LogP contribution is 2.19. The Bertz CT molecular complexity index is 1150. The molecule has 1 aromatic heterocycles. The van der Waals surface area contributed by atoms with E-state index in [-0.39, 0.29) is 18.1 Å². The molecule has 0 saturated carbocycles. The number of anilines is 2. The van der Waals surface area contributed by atoms with Crippen LogP contribution in [0.15, 0.2) is 47.4 Å². The monoisotopic (exact) mass is 447 g/mol. The summed E-state index contributed by atoms with van der Waals surface area (Å²) in [6.07, 6.45) is 1.92. The third kappa shape index (κ3) is 5.93. The van der Waals surface area contributed by atoms with Crippen molar-refractivity contribution in [1.29, 1.82) is 0 Å². The van der Waals surface area contributed by atoms with Gasteiger partial charge in [-0.15, -0.1) is 0 Å². The van der Waals surface area contributed by atoms with E-state index in [1.165, 1.54) is 6.20 Å². The van der Waals surface area contributed by atoms with Crippen LogP contribution in [0, 0.1) is 17.5 Å². The molecule has 0 saturated heterocycles. The Labute approximate surface area is 180 Å². The maximum absolute atomic E-state index is 13.6. The Balaban J connectivity index is 1.64. The van der Waals surface area contributed by atoms with Crippen LogP contribution in [0.2, 0.25) is 0 Å². The van der Waals surface area contributed by atoms with E-state index < -0.39 is 34.7 Å². The van der Waals surface area contributed by atoms with Crippen LogP contribution in [0.5, 0.6) is 0 Å². The number of benzene rings is 2. The quantitative estimate of drug-likeness (QED) is 0.269. The highest BCUT2D eigenvalue weighted by atomic mass is 19.2. The van der Waals surface area contributed by atoms with Gasteiger partial charge in [-0.1, -0.05) is 24.3 Å². The first-order chi connectivity index (χ1) is 15.4. The number of nitrogens with one attached hydrogen (secondary N) is 4. The largest absolute Gasteiger partial charge is 0.396 e. The van der Waals surface area contributed by atoms with Gasteiger partial charge >= 0.3 is 6.03 Å². The van der Waals surface area contributed by atoms with Crippen LogP contribution in [0.25, 0.3) is 11.1 Å². The summed E-state index contributed by atoms with van der Waals surface area (Å²) in [7, 11) is 0. The molecular weight excluding hydrogens is 427 g/mol. The predicted octanol–water partition coefficient (Wildman–Crippen LogP) is 2.97. The van der Waals surface area contributed by atoms with Crippen molar-refractivity contribution < 1.29 is 23.1 Å². The number of amides is 2. The van der Waals surface area contributed by atoms with Crippen LogP contribution < -0.4 is 21.5 Å². The van der Waals surface area contributed by atoms with Gasteiger partial charge in [0.1, 0.15) is 5.82 Å². The first-order valence-corrected chi connectivity index (χ1v) is 9.60. The number of rotatable bonds is 8. The van der Waals surface area contributed by atoms with E-state index in [1.807, 2.05) is 17.4 Å². The SMILES string of the molecule is O=C(Nc1ncc(-c2ccc(CNCCCO)cc2)c(=O)[nH]1)Nc1cc(F)c(F)cc1F. The molecule has 3 rings (SSSR count). The molecule has 0 bridgehead atoms. The molecule has 0 unspecified atom stereocenters. The molecule has 32 heavy (non-hydrogen) atoms. The Morgan fingerprint density at radius 1 is 1.03 bits per heavy atom. The van der Waals surface area contributed by atoms with Gasteiger partial charge < -0.3 is 15.7 Å². The van der Waals surface area contributed by atoms with Crippen molar-refractivity contribution in [2.45, 2.75) is 13.0 Å². The van der Waals surface area contributed by atoms with Gasteiger partial charge in [0.2, 0.25) is 5.95 Å². The lowest BCUT2D eigenvalue weighted by Gasteiger charge is -2.09. The van der Waals surface area contributed by atoms with Crippen LogP contribution in [0.1, 0.15) is 12.0 Å². The van der Waals surface area contributed by atoms with Gasteiger partial charge in [0.05, 0.1) is 11.3 Å². The minimum Gasteiger partial charge on any atom is -0.396 e. The first-order valence-electron chi connectivity index (χ1n) is 9.60. The number of urea groups is 1. The summed E-state index contributed by atoms with van der Waals surface area (Å²) in [6, 6.07) is 6.98. The minimum atomic E-state index is -1.39. The number of carbonyl (C=O) groups is 1. The third-order valence-corrected chi connectivity index (χ3v) is 4.40. The molecule has 8 nitrogen and oxygen atoms in total. The van der Waals surface area contributed by atoms with Gasteiger partial charge in [-0.25, -0.2) is 22.9 Å². The van der Waals surface area contributed by atoms with E-state index in [0.29, 0.717) is 37.2 Å². The Morgan fingerprint density at radius 2 is 1.75 bits per heavy atom. The van der Waals surface area contributed by atoms with Gasteiger partial charge in [0.15, 0.2) is 11.6 Å². The van der Waals surface area contributed by atoms with Crippen LogP contribution >= 0.6 is 0 Å².